The second-order valence-corrected chi connectivity index (χ2v) is 4.37. The van der Waals surface area contributed by atoms with Crippen molar-refractivity contribution in [2.45, 2.75) is 51.4 Å². The van der Waals surface area contributed by atoms with Crippen LogP contribution in [-0.4, -0.2) is 25.6 Å². The molecule has 0 heterocycles. The summed E-state index contributed by atoms with van der Waals surface area (Å²) in [4.78, 5) is 0. The van der Waals surface area contributed by atoms with E-state index in [4.69, 9.17) is 0 Å². The van der Waals surface area contributed by atoms with Crippen LogP contribution in [0.3, 0.4) is 0 Å². The molecule has 1 aliphatic carbocycles. The second kappa shape index (κ2) is 6.45. The number of alkyl halides is 3. The van der Waals surface area contributed by atoms with E-state index in [9.17, 15) is 13.2 Å². The van der Waals surface area contributed by atoms with Crippen LogP contribution in [0, 0.1) is 5.92 Å². The third-order valence-corrected chi connectivity index (χ3v) is 3.22. The summed E-state index contributed by atoms with van der Waals surface area (Å²) >= 11 is 0. The summed E-state index contributed by atoms with van der Waals surface area (Å²) in [7, 11) is 0. The van der Waals surface area contributed by atoms with Crippen LogP contribution >= 0.6 is 0 Å². The Bertz CT molecular complexity index is 188. The molecule has 1 aliphatic rings. The third-order valence-electron chi connectivity index (χ3n) is 3.22. The van der Waals surface area contributed by atoms with Gasteiger partial charge in [0.25, 0.3) is 0 Å². The molecule has 0 aromatic carbocycles. The normalized spacial score (nSPS) is 27.0. The maximum Gasteiger partial charge on any atom is 0.522 e. The van der Waals surface area contributed by atoms with E-state index in [-0.39, 0.29) is 13.2 Å². The number of nitrogens with one attached hydrogen (secondary N) is 1. The second-order valence-electron chi connectivity index (χ2n) is 4.37. The first-order valence-corrected chi connectivity index (χ1v) is 5.95. The minimum atomic E-state index is -4.50. The van der Waals surface area contributed by atoms with Gasteiger partial charge < -0.3 is 5.32 Å². The first kappa shape index (κ1) is 13.8. The minimum absolute atomic E-state index is 0.279. The summed E-state index contributed by atoms with van der Waals surface area (Å²) in [6, 6.07) is 0.375. The predicted octanol–water partition coefficient (Wildman–Crippen LogP) is 3.08. The minimum Gasteiger partial charge on any atom is -0.312 e. The van der Waals surface area contributed by atoms with E-state index < -0.39 is 6.36 Å². The number of rotatable bonds is 5. The van der Waals surface area contributed by atoms with Gasteiger partial charge in [0.15, 0.2) is 0 Å². The quantitative estimate of drug-likeness (QED) is 0.744. The van der Waals surface area contributed by atoms with E-state index in [1.54, 1.807) is 0 Å². The van der Waals surface area contributed by atoms with E-state index in [2.05, 4.69) is 17.0 Å². The molecule has 0 aliphatic heterocycles. The molecule has 0 aromatic heterocycles. The molecule has 2 nitrogen and oxygen atoms in total. The van der Waals surface area contributed by atoms with Crippen molar-refractivity contribution in [3.63, 3.8) is 0 Å². The Kier molecular flexibility index (Phi) is 5.55. The Morgan fingerprint density at radius 2 is 1.81 bits per heavy atom. The van der Waals surface area contributed by atoms with Gasteiger partial charge in [-0.25, -0.2) is 0 Å². The van der Waals surface area contributed by atoms with Gasteiger partial charge in [0.05, 0.1) is 6.61 Å². The van der Waals surface area contributed by atoms with Crippen LogP contribution in [0.15, 0.2) is 0 Å². The summed E-state index contributed by atoms with van der Waals surface area (Å²) in [5.41, 5.74) is 0. The molecule has 1 fully saturated rings. The van der Waals surface area contributed by atoms with E-state index in [0.29, 0.717) is 6.04 Å². The van der Waals surface area contributed by atoms with Gasteiger partial charge in [-0.05, 0) is 31.6 Å². The Morgan fingerprint density at radius 1 is 1.19 bits per heavy atom. The summed E-state index contributed by atoms with van der Waals surface area (Å²) in [5.74, 6) is 0.810. The molecule has 16 heavy (non-hydrogen) atoms. The zero-order valence-electron chi connectivity index (χ0n) is 9.65. The smallest absolute Gasteiger partial charge is 0.312 e. The highest BCUT2D eigenvalue weighted by Gasteiger charge is 2.28. The van der Waals surface area contributed by atoms with E-state index in [0.717, 1.165) is 18.8 Å². The Balaban J connectivity index is 2.02. The van der Waals surface area contributed by atoms with Crippen LogP contribution in [0.5, 0.6) is 0 Å². The lowest BCUT2D eigenvalue weighted by Crippen LogP contribution is -2.36. The van der Waals surface area contributed by atoms with Gasteiger partial charge >= 0.3 is 6.36 Å². The molecule has 0 atom stereocenters. The van der Waals surface area contributed by atoms with Gasteiger partial charge in [-0.15, -0.1) is 13.2 Å². The van der Waals surface area contributed by atoms with Gasteiger partial charge in [-0.1, -0.05) is 13.3 Å². The van der Waals surface area contributed by atoms with Crippen molar-refractivity contribution in [1.29, 1.82) is 0 Å². The van der Waals surface area contributed by atoms with Crippen LogP contribution in [0.25, 0.3) is 0 Å². The average Bonchev–Trinajstić information content (AvgIpc) is 2.24. The van der Waals surface area contributed by atoms with E-state index >= 15 is 0 Å². The zero-order chi connectivity index (χ0) is 12.0. The van der Waals surface area contributed by atoms with Crippen LogP contribution in [0.1, 0.15) is 39.0 Å². The molecule has 0 spiro atoms. The molecule has 1 rings (SSSR count). The van der Waals surface area contributed by atoms with Gasteiger partial charge in [0.2, 0.25) is 0 Å². The molecule has 0 aromatic rings. The van der Waals surface area contributed by atoms with Gasteiger partial charge in [-0.2, -0.15) is 0 Å². The van der Waals surface area contributed by atoms with Crippen molar-refractivity contribution in [2.24, 2.45) is 5.92 Å². The lowest BCUT2D eigenvalue weighted by atomic mass is 9.84. The molecule has 0 bridgehead atoms. The van der Waals surface area contributed by atoms with Crippen molar-refractivity contribution in [3.05, 3.63) is 0 Å². The van der Waals surface area contributed by atoms with Gasteiger partial charge in [0, 0.05) is 12.6 Å². The molecule has 0 saturated heterocycles. The van der Waals surface area contributed by atoms with Crippen LogP contribution in [0.2, 0.25) is 0 Å². The molecule has 0 radical (unpaired) electrons. The fourth-order valence-electron chi connectivity index (χ4n) is 2.20. The first-order valence-electron chi connectivity index (χ1n) is 5.95. The maximum atomic E-state index is 11.7. The molecule has 1 N–H and O–H groups in total. The highest BCUT2D eigenvalue weighted by atomic mass is 19.4. The summed E-state index contributed by atoms with van der Waals surface area (Å²) in [6.45, 7) is 2.17. The molecular weight excluding hydrogens is 219 g/mol. The first-order chi connectivity index (χ1) is 7.51. The lowest BCUT2D eigenvalue weighted by molar-refractivity contribution is -0.323. The fourth-order valence-corrected chi connectivity index (χ4v) is 2.20. The Morgan fingerprint density at radius 3 is 2.31 bits per heavy atom. The summed E-state index contributed by atoms with van der Waals surface area (Å²) in [5, 5.41) is 3.11. The van der Waals surface area contributed by atoms with Crippen molar-refractivity contribution in [3.8, 4) is 0 Å². The van der Waals surface area contributed by atoms with Crippen molar-refractivity contribution < 1.29 is 17.9 Å². The summed E-state index contributed by atoms with van der Waals surface area (Å²) in [6.07, 6.45) is 1.24. The molecule has 5 heteroatoms. The predicted molar refractivity (Wildman–Crippen MR) is 56.0 cm³/mol. The third kappa shape index (κ3) is 5.70. The van der Waals surface area contributed by atoms with E-state index in [1.807, 2.05) is 0 Å². The molecular formula is C11H20F3NO. The van der Waals surface area contributed by atoms with Gasteiger partial charge in [-0.3, -0.25) is 4.74 Å². The highest BCUT2D eigenvalue weighted by molar-refractivity contribution is 4.76. The van der Waals surface area contributed by atoms with Crippen LogP contribution < -0.4 is 5.32 Å². The van der Waals surface area contributed by atoms with Crippen molar-refractivity contribution >= 4 is 0 Å². The van der Waals surface area contributed by atoms with E-state index in [1.165, 1.54) is 19.3 Å². The SMILES string of the molecule is CCC1CCC(NCCOC(F)(F)F)CC1. The number of hydrogen-bond donors (Lipinski definition) is 1. The molecule has 96 valence electrons. The summed E-state index contributed by atoms with van der Waals surface area (Å²) < 4.78 is 38.7. The largest absolute Gasteiger partial charge is 0.522 e. The van der Waals surface area contributed by atoms with Crippen LogP contribution in [-0.2, 0) is 4.74 Å². The van der Waals surface area contributed by atoms with Crippen molar-refractivity contribution in [1.82, 2.24) is 5.32 Å². The molecule has 1 saturated carbocycles. The number of hydrogen-bond acceptors (Lipinski definition) is 2. The maximum absolute atomic E-state index is 11.7. The number of halogens is 3. The monoisotopic (exact) mass is 239 g/mol. The van der Waals surface area contributed by atoms with Gasteiger partial charge in [0.1, 0.15) is 0 Å². The Labute approximate surface area is 94.5 Å². The lowest BCUT2D eigenvalue weighted by Gasteiger charge is -2.28. The molecule has 0 unspecified atom stereocenters. The number of ether oxygens (including phenoxy) is 1. The van der Waals surface area contributed by atoms with Crippen molar-refractivity contribution in [2.75, 3.05) is 13.2 Å². The highest BCUT2D eigenvalue weighted by Crippen LogP contribution is 2.26. The Hall–Kier alpha value is -0.290. The average molecular weight is 239 g/mol. The van der Waals surface area contributed by atoms with Crippen LogP contribution in [0.4, 0.5) is 13.2 Å². The standard InChI is InChI=1S/C11H20F3NO/c1-2-9-3-5-10(6-4-9)15-7-8-16-11(12,13)14/h9-10,15H,2-8H2,1H3. The molecule has 0 amide bonds. The fraction of sp³-hybridized carbons (Fsp3) is 1.00. The topological polar surface area (TPSA) is 21.3 Å². The zero-order valence-corrected chi connectivity index (χ0v) is 9.65.